The van der Waals surface area contributed by atoms with E-state index in [9.17, 15) is 9.59 Å². The van der Waals surface area contributed by atoms with E-state index in [4.69, 9.17) is 0 Å². The number of imide groups is 1. The van der Waals surface area contributed by atoms with Crippen LogP contribution in [0.15, 0.2) is 78.6 Å². The minimum absolute atomic E-state index is 0.215. The second-order valence-corrected chi connectivity index (χ2v) is 8.93. The summed E-state index contributed by atoms with van der Waals surface area (Å²) < 4.78 is 0. The maximum absolute atomic E-state index is 13.7. The van der Waals surface area contributed by atoms with Gasteiger partial charge in [0.2, 0.25) is 0 Å². The molecule has 1 fully saturated rings. The van der Waals surface area contributed by atoms with Gasteiger partial charge in [-0.25, -0.2) is 4.98 Å². The fourth-order valence-electron chi connectivity index (χ4n) is 4.56. The van der Waals surface area contributed by atoms with Crippen LogP contribution in [0.1, 0.15) is 22.3 Å². The van der Waals surface area contributed by atoms with E-state index in [0.717, 1.165) is 41.2 Å². The molecular weight excluding hydrogens is 424 g/mol. The SMILES string of the molecule is Cc1ccc(CN2C(=O)C(c3ccc(C)cc3)=C(N3CCN(c4ccccn4)CC3)C2=O)cc1. The van der Waals surface area contributed by atoms with Gasteiger partial charge in [0.1, 0.15) is 11.5 Å². The summed E-state index contributed by atoms with van der Waals surface area (Å²) in [7, 11) is 0. The summed E-state index contributed by atoms with van der Waals surface area (Å²) in [6, 6.07) is 21.7. The minimum atomic E-state index is -0.225. The number of carbonyl (C=O) groups excluding carboxylic acids is 2. The number of carbonyl (C=O) groups is 2. The highest BCUT2D eigenvalue weighted by molar-refractivity contribution is 6.35. The fraction of sp³-hybridized carbons (Fsp3) is 0.250. The number of aryl methyl sites for hydroxylation is 2. The van der Waals surface area contributed by atoms with Crippen molar-refractivity contribution in [2.45, 2.75) is 20.4 Å². The lowest BCUT2D eigenvalue weighted by molar-refractivity contribution is -0.138. The van der Waals surface area contributed by atoms with Crippen LogP contribution in [0.25, 0.3) is 5.57 Å². The molecule has 172 valence electrons. The quantitative estimate of drug-likeness (QED) is 0.551. The number of nitrogens with zero attached hydrogens (tertiary/aromatic N) is 4. The zero-order valence-corrected chi connectivity index (χ0v) is 19.6. The molecule has 0 bridgehead atoms. The van der Waals surface area contributed by atoms with Crippen molar-refractivity contribution in [3.63, 3.8) is 0 Å². The second kappa shape index (κ2) is 9.14. The standard InChI is InChI=1S/C28H28N4O2/c1-20-6-10-22(11-7-20)19-32-27(33)25(23-12-8-21(2)9-13-23)26(28(32)34)31-17-15-30(16-18-31)24-5-3-4-14-29-24/h3-14H,15-19H2,1-2H3. The highest BCUT2D eigenvalue weighted by Gasteiger charge is 2.42. The van der Waals surface area contributed by atoms with Gasteiger partial charge >= 0.3 is 0 Å². The molecule has 0 N–H and O–H groups in total. The highest BCUT2D eigenvalue weighted by atomic mass is 16.2. The van der Waals surface area contributed by atoms with Crippen LogP contribution in [0.5, 0.6) is 0 Å². The smallest absolute Gasteiger partial charge is 0.278 e. The third-order valence-corrected chi connectivity index (χ3v) is 6.51. The summed E-state index contributed by atoms with van der Waals surface area (Å²) >= 11 is 0. The van der Waals surface area contributed by atoms with Gasteiger partial charge in [-0.3, -0.25) is 14.5 Å². The molecular formula is C28H28N4O2. The van der Waals surface area contributed by atoms with Crippen LogP contribution >= 0.6 is 0 Å². The molecule has 6 heteroatoms. The Morgan fingerprint density at radius 1 is 0.735 bits per heavy atom. The maximum atomic E-state index is 13.7. The van der Waals surface area contributed by atoms with Gasteiger partial charge < -0.3 is 9.80 Å². The van der Waals surface area contributed by atoms with E-state index in [1.165, 1.54) is 4.90 Å². The van der Waals surface area contributed by atoms with Gasteiger partial charge in [-0.1, -0.05) is 65.7 Å². The average Bonchev–Trinajstić information content (AvgIpc) is 3.11. The van der Waals surface area contributed by atoms with Crippen molar-refractivity contribution in [1.82, 2.24) is 14.8 Å². The lowest BCUT2D eigenvalue weighted by Crippen LogP contribution is -2.47. The van der Waals surface area contributed by atoms with Crippen molar-refractivity contribution in [1.29, 1.82) is 0 Å². The number of amides is 2. The summed E-state index contributed by atoms with van der Waals surface area (Å²) in [6.07, 6.45) is 1.79. The predicted octanol–water partition coefficient (Wildman–Crippen LogP) is 3.80. The molecule has 2 aliphatic heterocycles. The van der Waals surface area contributed by atoms with Gasteiger partial charge in [-0.05, 0) is 37.1 Å². The zero-order valence-electron chi connectivity index (χ0n) is 19.6. The van der Waals surface area contributed by atoms with Gasteiger partial charge in [-0.15, -0.1) is 0 Å². The number of pyridine rings is 1. The predicted molar refractivity (Wildman–Crippen MR) is 133 cm³/mol. The second-order valence-electron chi connectivity index (χ2n) is 8.93. The molecule has 6 nitrogen and oxygen atoms in total. The molecule has 0 atom stereocenters. The van der Waals surface area contributed by atoms with Crippen molar-refractivity contribution in [3.05, 3.63) is 101 Å². The third-order valence-electron chi connectivity index (χ3n) is 6.51. The molecule has 1 aromatic heterocycles. The van der Waals surface area contributed by atoms with Gasteiger partial charge in [0.25, 0.3) is 11.8 Å². The summed E-state index contributed by atoms with van der Waals surface area (Å²) in [5.74, 6) is 0.494. The van der Waals surface area contributed by atoms with E-state index >= 15 is 0 Å². The zero-order chi connectivity index (χ0) is 23.7. The first-order valence-electron chi connectivity index (χ1n) is 11.7. The monoisotopic (exact) mass is 452 g/mol. The van der Waals surface area contributed by atoms with Crippen molar-refractivity contribution in [2.75, 3.05) is 31.1 Å². The average molecular weight is 453 g/mol. The number of anilines is 1. The molecule has 1 saturated heterocycles. The Morgan fingerprint density at radius 2 is 1.35 bits per heavy atom. The summed E-state index contributed by atoms with van der Waals surface area (Å²) in [6.45, 7) is 7.08. The minimum Gasteiger partial charge on any atom is -0.363 e. The van der Waals surface area contributed by atoms with Crippen LogP contribution in [-0.2, 0) is 16.1 Å². The molecule has 5 rings (SSSR count). The van der Waals surface area contributed by atoms with Crippen molar-refractivity contribution < 1.29 is 9.59 Å². The molecule has 2 aromatic carbocycles. The molecule has 0 radical (unpaired) electrons. The van der Waals surface area contributed by atoms with E-state index in [0.29, 0.717) is 24.4 Å². The first-order chi connectivity index (χ1) is 16.5. The third kappa shape index (κ3) is 4.19. The van der Waals surface area contributed by atoms with E-state index in [1.54, 1.807) is 6.20 Å². The highest BCUT2D eigenvalue weighted by Crippen LogP contribution is 2.33. The molecule has 34 heavy (non-hydrogen) atoms. The molecule has 2 amide bonds. The van der Waals surface area contributed by atoms with E-state index in [1.807, 2.05) is 80.6 Å². The molecule has 0 aliphatic carbocycles. The Morgan fingerprint density at radius 3 is 1.97 bits per heavy atom. The van der Waals surface area contributed by atoms with Crippen LogP contribution in [-0.4, -0.2) is 52.8 Å². The molecule has 3 aromatic rings. The van der Waals surface area contributed by atoms with E-state index in [2.05, 4.69) is 14.8 Å². The summed E-state index contributed by atoms with van der Waals surface area (Å²) in [4.78, 5) is 37.4. The van der Waals surface area contributed by atoms with Crippen molar-refractivity contribution in [3.8, 4) is 0 Å². The van der Waals surface area contributed by atoms with Crippen LogP contribution in [0.2, 0.25) is 0 Å². The first kappa shape index (κ1) is 21.9. The maximum Gasteiger partial charge on any atom is 0.278 e. The largest absolute Gasteiger partial charge is 0.363 e. The normalized spacial score (nSPS) is 16.6. The lowest BCUT2D eigenvalue weighted by Gasteiger charge is -2.37. The number of benzene rings is 2. The van der Waals surface area contributed by atoms with Gasteiger partial charge in [-0.2, -0.15) is 0 Å². The molecule has 0 spiro atoms. The van der Waals surface area contributed by atoms with Crippen LogP contribution in [0.4, 0.5) is 5.82 Å². The molecule has 3 heterocycles. The van der Waals surface area contributed by atoms with Crippen LogP contribution in [0, 0.1) is 13.8 Å². The van der Waals surface area contributed by atoms with Gasteiger partial charge in [0.05, 0.1) is 12.1 Å². The molecule has 0 unspecified atom stereocenters. The fourth-order valence-corrected chi connectivity index (χ4v) is 4.56. The summed E-state index contributed by atoms with van der Waals surface area (Å²) in [5, 5.41) is 0. The van der Waals surface area contributed by atoms with E-state index in [-0.39, 0.29) is 18.4 Å². The number of piperazine rings is 1. The van der Waals surface area contributed by atoms with Crippen molar-refractivity contribution >= 4 is 23.2 Å². The summed E-state index contributed by atoms with van der Waals surface area (Å²) in [5.41, 5.74) is 5.01. The number of hydrogen-bond donors (Lipinski definition) is 0. The lowest BCUT2D eigenvalue weighted by atomic mass is 10.0. The topological polar surface area (TPSA) is 56.8 Å². The molecule has 2 aliphatic rings. The van der Waals surface area contributed by atoms with Crippen LogP contribution < -0.4 is 4.90 Å². The Bertz CT molecular complexity index is 1230. The van der Waals surface area contributed by atoms with E-state index < -0.39 is 0 Å². The Labute approximate surface area is 200 Å². The Hall–Kier alpha value is -3.93. The van der Waals surface area contributed by atoms with Crippen molar-refractivity contribution in [2.24, 2.45) is 0 Å². The Kier molecular flexibility index (Phi) is 5.88. The van der Waals surface area contributed by atoms with Crippen LogP contribution in [0.3, 0.4) is 0 Å². The number of rotatable bonds is 5. The number of aromatic nitrogens is 1. The van der Waals surface area contributed by atoms with Gasteiger partial charge in [0.15, 0.2) is 0 Å². The van der Waals surface area contributed by atoms with Gasteiger partial charge in [0, 0.05) is 32.4 Å². The first-order valence-corrected chi connectivity index (χ1v) is 11.7. The number of hydrogen-bond acceptors (Lipinski definition) is 5. The Balaban J connectivity index is 1.45. The molecule has 0 saturated carbocycles.